The zero-order valence-corrected chi connectivity index (χ0v) is 36.3. The maximum absolute atomic E-state index is 14.3. The van der Waals surface area contributed by atoms with Crippen molar-refractivity contribution in [1.82, 2.24) is 0 Å². The molecule has 1 aromatic rings. The van der Waals surface area contributed by atoms with Crippen molar-refractivity contribution in [1.29, 1.82) is 0 Å². The SMILES string of the molecule is C#CCC(CC(=O)CCCC)C(=O)Nc1ccc(O[C@@H]2OC(CO)[C@@H](O[C@H]3OC(CO)[C@@H](O[C@H]4OC(CO)[C@@H](O[C@H]5OC(CO)[C@@H](O)[C@H](O)C5O)[C@H](O)C4O)[C@H](O)C3O)[C@H](O)C2O)c(CF)c1. The van der Waals surface area contributed by atoms with Gasteiger partial charge in [-0.15, -0.1) is 12.3 Å². The summed E-state index contributed by atoms with van der Waals surface area (Å²) in [5.41, 5.74) is -0.00693. The molecule has 4 aliphatic heterocycles. The monoisotopic (exact) mass is 967 g/mol. The molecule has 25 heteroatoms. The largest absolute Gasteiger partial charge is 0.462 e. The van der Waals surface area contributed by atoms with Crippen LogP contribution in [0.15, 0.2) is 18.2 Å². The molecule has 0 aliphatic carbocycles. The number of carbonyl (C=O) groups excluding carboxylic acids is 2. The Bertz CT molecular complexity index is 1770. The summed E-state index contributed by atoms with van der Waals surface area (Å²) >= 11 is 0. The smallest absolute Gasteiger partial charge is 0.229 e. The average molecular weight is 968 g/mol. The van der Waals surface area contributed by atoms with Gasteiger partial charge in [0.1, 0.15) is 116 Å². The van der Waals surface area contributed by atoms with E-state index >= 15 is 0 Å². The first-order valence-electron chi connectivity index (χ1n) is 21.7. The number of aliphatic hydroxyl groups excluding tert-OH is 13. The quantitative estimate of drug-likeness (QED) is 0.0511. The number of alkyl halides is 1. The molecule has 4 heterocycles. The van der Waals surface area contributed by atoms with E-state index in [0.29, 0.717) is 12.8 Å². The van der Waals surface area contributed by atoms with Crippen LogP contribution in [-0.4, -0.2) is 227 Å². The van der Waals surface area contributed by atoms with Gasteiger partial charge >= 0.3 is 0 Å². The Morgan fingerprint density at radius 2 is 1.12 bits per heavy atom. The van der Waals surface area contributed by atoms with Crippen LogP contribution >= 0.6 is 0 Å². The minimum Gasteiger partial charge on any atom is -0.462 e. The third-order valence-electron chi connectivity index (χ3n) is 11.9. The van der Waals surface area contributed by atoms with Crippen molar-refractivity contribution in [2.75, 3.05) is 31.7 Å². The summed E-state index contributed by atoms with van der Waals surface area (Å²) in [7, 11) is 0. The van der Waals surface area contributed by atoms with E-state index < -0.39 is 168 Å². The van der Waals surface area contributed by atoms with Crippen LogP contribution in [0.3, 0.4) is 0 Å². The molecule has 4 aliphatic rings. The number of Topliss-reactive ketones (excluding diaryl/α,β-unsaturated/α-hetero) is 1. The molecule has 24 nitrogen and oxygen atoms in total. The summed E-state index contributed by atoms with van der Waals surface area (Å²) in [6, 6.07) is 3.81. The molecule has 380 valence electrons. The van der Waals surface area contributed by atoms with Gasteiger partial charge < -0.3 is 110 Å². The summed E-state index contributed by atoms with van der Waals surface area (Å²) in [4.78, 5) is 25.4. The maximum atomic E-state index is 14.3. The first kappa shape index (κ1) is 54.8. The van der Waals surface area contributed by atoms with E-state index in [1.807, 2.05) is 6.92 Å². The number of carbonyl (C=O) groups is 2. The number of halogens is 1. The molecule has 5 rings (SSSR count). The predicted molar refractivity (Wildman–Crippen MR) is 218 cm³/mol. The van der Waals surface area contributed by atoms with Crippen molar-refractivity contribution in [2.24, 2.45) is 5.92 Å². The minimum absolute atomic E-state index is 0.0144. The average Bonchev–Trinajstić information content (AvgIpc) is 3.32. The number of rotatable bonds is 21. The first-order chi connectivity index (χ1) is 32.0. The molecule has 0 spiro atoms. The Morgan fingerprint density at radius 1 is 0.672 bits per heavy atom. The molecule has 1 aromatic carbocycles. The zero-order valence-electron chi connectivity index (χ0n) is 36.3. The highest BCUT2D eigenvalue weighted by molar-refractivity contribution is 5.95. The molecule has 0 saturated carbocycles. The second-order valence-corrected chi connectivity index (χ2v) is 16.6. The van der Waals surface area contributed by atoms with Gasteiger partial charge in [-0.2, -0.15) is 0 Å². The van der Waals surface area contributed by atoms with Gasteiger partial charge in [-0.25, -0.2) is 4.39 Å². The van der Waals surface area contributed by atoms with Gasteiger partial charge in [0, 0.05) is 30.5 Å². The molecule has 4 fully saturated rings. The highest BCUT2D eigenvalue weighted by Crippen LogP contribution is 2.35. The predicted octanol–water partition coefficient (Wildman–Crippen LogP) is -5.47. The summed E-state index contributed by atoms with van der Waals surface area (Å²) in [5, 5.41) is 140. The van der Waals surface area contributed by atoms with Gasteiger partial charge in [0.2, 0.25) is 12.2 Å². The van der Waals surface area contributed by atoms with Gasteiger partial charge in [-0.1, -0.05) is 13.3 Å². The maximum Gasteiger partial charge on any atom is 0.229 e. The Kier molecular flexibility index (Phi) is 20.5. The fourth-order valence-electron chi connectivity index (χ4n) is 8.03. The Hall–Kier alpha value is -3.15. The number of amides is 1. The lowest BCUT2D eigenvalue weighted by Crippen LogP contribution is -2.67. The van der Waals surface area contributed by atoms with Gasteiger partial charge in [0.05, 0.1) is 32.3 Å². The van der Waals surface area contributed by atoms with Crippen LogP contribution in [0.25, 0.3) is 0 Å². The highest BCUT2D eigenvalue weighted by Gasteiger charge is 2.55. The van der Waals surface area contributed by atoms with E-state index in [-0.39, 0.29) is 35.6 Å². The molecule has 1 amide bonds. The molecule has 0 radical (unpaired) electrons. The van der Waals surface area contributed by atoms with Crippen molar-refractivity contribution in [2.45, 2.75) is 169 Å². The normalized spacial score (nSPS) is 39.6. The highest BCUT2D eigenvalue weighted by atomic mass is 19.1. The zero-order chi connectivity index (χ0) is 49.3. The second-order valence-electron chi connectivity index (χ2n) is 16.6. The van der Waals surface area contributed by atoms with Gasteiger partial charge in [-0.05, 0) is 24.6 Å². The van der Waals surface area contributed by atoms with E-state index in [9.17, 15) is 80.4 Å². The Balaban J connectivity index is 1.21. The molecule has 14 N–H and O–H groups in total. The number of nitrogens with one attached hydrogen (secondary N) is 1. The molecular weight excluding hydrogens is 905 g/mol. The van der Waals surface area contributed by atoms with E-state index in [1.54, 1.807) is 0 Å². The first-order valence-corrected chi connectivity index (χ1v) is 21.7. The summed E-state index contributed by atoms with van der Waals surface area (Å²) in [6.45, 7) is -2.85. The topological polar surface area (TPSA) is 383 Å². The van der Waals surface area contributed by atoms with Gasteiger partial charge in [0.15, 0.2) is 18.9 Å². The van der Waals surface area contributed by atoms with Crippen LogP contribution in [-0.2, 0) is 49.4 Å². The lowest BCUT2D eigenvalue weighted by molar-refractivity contribution is -0.387. The van der Waals surface area contributed by atoms with Crippen LogP contribution in [0.5, 0.6) is 5.75 Å². The molecule has 67 heavy (non-hydrogen) atoms. The van der Waals surface area contributed by atoms with Crippen LogP contribution in [0.2, 0.25) is 0 Å². The third kappa shape index (κ3) is 12.8. The van der Waals surface area contributed by atoms with Crippen molar-refractivity contribution >= 4 is 17.4 Å². The second kappa shape index (κ2) is 25.1. The third-order valence-corrected chi connectivity index (χ3v) is 11.9. The van der Waals surface area contributed by atoms with E-state index in [4.69, 9.17) is 44.3 Å². The number of benzene rings is 1. The van der Waals surface area contributed by atoms with Crippen molar-refractivity contribution in [3.05, 3.63) is 23.8 Å². The van der Waals surface area contributed by atoms with Crippen molar-refractivity contribution in [3.63, 3.8) is 0 Å². The molecular formula is C42H62FNO23. The van der Waals surface area contributed by atoms with Gasteiger partial charge in [0.25, 0.3) is 0 Å². The summed E-state index contributed by atoms with van der Waals surface area (Å²) in [6.07, 6.45) is -29.6. The molecule has 4 saturated heterocycles. The lowest BCUT2D eigenvalue weighted by atomic mass is 9.95. The standard InChI is InChI=1S/C42H62FNO23/c1-3-5-7-20(49)11-17(6-4-2)38(59)44-19-8-9-21(18(10-19)12-43)60-39-32(56)28(52)35(23(14-46)62-39)66-41-34(58)30(54)37(25(16-48)64-41)67-42-33(57)29(53)36(24(15-47)63-42)65-40-31(55)27(51)26(50)22(13-45)61-40/h2,8-10,17,22-37,39-42,45-48,50-58H,3,5-7,11-16H2,1H3,(H,44,59)/t17?,22?,23?,24?,25?,26-,27+,28-,29-,30-,31?,32?,33?,34?,35-,36-,37-,39-,40-,41-,42-/m1/s1. The fourth-order valence-corrected chi connectivity index (χ4v) is 8.03. The number of anilines is 1. The Morgan fingerprint density at radius 3 is 1.57 bits per heavy atom. The van der Waals surface area contributed by atoms with E-state index in [2.05, 4.69) is 11.2 Å². The van der Waals surface area contributed by atoms with E-state index in [1.165, 1.54) is 18.2 Å². The van der Waals surface area contributed by atoms with Crippen molar-refractivity contribution in [3.8, 4) is 18.1 Å². The van der Waals surface area contributed by atoms with Crippen molar-refractivity contribution < 1.29 is 118 Å². The molecule has 21 atom stereocenters. The fraction of sp³-hybridized carbons (Fsp3) is 0.762. The molecule has 0 bridgehead atoms. The van der Waals surface area contributed by atoms with Crippen LogP contribution in [0.1, 0.15) is 44.6 Å². The molecule has 0 aromatic heterocycles. The molecule has 9 unspecified atom stereocenters. The number of hydrogen-bond acceptors (Lipinski definition) is 23. The van der Waals surface area contributed by atoms with Crippen LogP contribution < -0.4 is 10.1 Å². The number of unbranched alkanes of at least 4 members (excludes halogenated alkanes) is 1. The minimum atomic E-state index is -2.11. The number of ether oxygens (including phenoxy) is 8. The van der Waals surface area contributed by atoms with E-state index in [0.717, 1.165) is 6.42 Å². The van der Waals surface area contributed by atoms with Crippen LogP contribution in [0.4, 0.5) is 10.1 Å². The van der Waals surface area contributed by atoms with Crippen LogP contribution in [0, 0.1) is 18.3 Å². The summed E-state index contributed by atoms with van der Waals surface area (Å²) < 4.78 is 59.1. The van der Waals surface area contributed by atoms with Gasteiger partial charge in [-0.3, -0.25) is 9.59 Å². The Labute approximate surface area is 383 Å². The number of aliphatic hydroxyl groups is 13. The lowest BCUT2D eigenvalue weighted by Gasteiger charge is -2.49. The number of terminal acetylenes is 1. The number of hydrogen-bond donors (Lipinski definition) is 14. The number of ketones is 1. The summed E-state index contributed by atoms with van der Waals surface area (Å²) in [5.74, 6) is 0.664.